The van der Waals surface area contributed by atoms with Gasteiger partial charge in [-0.05, 0) is 30.7 Å². The van der Waals surface area contributed by atoms with Gasteiger partial charge in [-0.15, -0.1) is 0 Å². The van der Waals surface area contributed by atoms with Crippen molar-refractivity contribution in [3.8, 4) is 0 Å². The van der Waals surface area contributed by atoms with Crippen molar-refractivity contribution in [1.29, 1.82) is 0 Å². The van der Waals surface area contributed by atoms with E-state index in [1.807, 2.05) is 37.3 Å². The standard InChI is InChI=1S/C16H16ClFN2O/c1-11(12-5-3-2-4-6-12)19-10-16(21)20-13-7-8-15(18)14(17)9-13/h2-9,11,19H,10H2,1H3,(H,20,21). The monoisotopic (exact) mass is 306 g/mol. The number of hydrogen-bond acceptors (Lipinski definition) is 2. The van der Waals surface area contributed by atoms with Gasteiger partial charge in [-0.1, -0.05) is 41.9 Å². The van der Waals surface area contributed by atoms with Crippen LogP contribution in [0, 0.1) is 5.82 Å². The van der Waals surface area contributed by atoms with Gasteiger partial charge in [0.2, 0.25) is 5.91 Å². The summed E-state index contributed by atoms with van der Waals surface area (Å²) >= 11 is 5.66. The Morgan fingerprint density at radius 1 is 1.24 bits per heavy atom. The molecule has 2 N–H and O–H groups in total. The molecule has 0 aromatic heterocycles. The van der Waals surface area contributed by atoms with Crippen LogP contribution in [0.2, 0.25) is 5.02 Å². The van der Waals surface area contributed by atoms with E-state index >= 15 is 0 Å². The van der Waals surface area contributed by atoms with Crippen LogP contribution in [0.1, 0.15) is 18.5 Å². The number of anilines is 1. The molecular weight excluding hydrogens is 291 g/mol. The van der Waals surface area contributed by atoms with E-state index in [2.05, 4.69) is 10.6 Å². The Morgan fingerprint density at radius 3 is 2.62 bits per heavy atom. The van der Waals surface area contributed by atoms with Crippen LogP contribution in [0.4, 0.5) is 10.1 Å². The molecule has 0 spiro atoms. The first kappa shape index (κ1) is 15.5. The molecule has 0 saturated heterocycles. The average Bonchev–Trinajstić information content (AvgIpc) is 2.49. The van der Waals surface area contributed by atoms with Crippen molar-refractivity contribution in [2.45, 2.75) is 13.0 Å². The highest BCUT2D eigenvalue weighted by Crippen LogP contribution is 2.19. The predicted molar refractivity (Wildman–Crippen MR) is 82.9 cm³/mol. The van der Waals surface area contributed by atoms with Crippen LogP contribution in [-0.2, 0) is 4.79 Å². The van der Waals surface area contributed by atoms with Gasteiger partial charge in [-0.2, -0.15) is 0 Å². The molecule has 1 unspecified atom stereocenters. The van der Waals surface area contributed by atoms with E-state index in [0.29, 0.717) is 5.69 Å². The smallest absolute Gasteiger partial charge is 0.238 e. The number of rotatable bonds is 5. The Balaban J connectivity index is 1.86. The quantitative estimate of drug-likeness (QED) is 0.883. The fourth-order valence-electron chi connectivity index (χ4n) is 1.88. The second-order valence-electron chi connectivity index (χ2n) is 4.69. The first-order valence-electron chi connectivity index (χ1n) is 6.59. The maximum atomic E-state index is 13.0. The van der Waals surface area contributed by atoms with E-state index in [-0.39, 0.29) is 23.5 Å². The lowest BCUT2D eigenvalue weighted by Gasteiger charge is -2.14. The normalized spacial score (nSPS) is 12.0. The van der Waals surface area contributed by atoms with Crippen LogP contribution in [-0.4, -0.2) is 12.5 Å². The molecule has 5 heteroatoms. The van der Waals surface area contributed by atoms with Crippen LogP contribution in [0.5, 0.6) is 0 Å². The highest BCUT2D eigenvalue weighted by Gasteiger charge is 2.08. The zero-order valence-corrected chi connectivity index (χ0v) is 12.3. The molecule has 0 radical (unpaired) electrons. The van der Waals surface area contributed by atoms with E-state index in [4.69, 9.17) is 11.6 Å². The molecule has 21 heavy (non-hydrogen) atoms. The Morgan fingerprint density at radius 2 is 1.95 bits per heavy atom. The summed E-state index contributed by atoms with van der Waals surface area (Å²) in [5, 5.41) is 5.77. The molecular formula is C16H16ClFN2O. The molecule has 0 saturated carbocycles. The maximum absolute atomic E-state index is 13.0. The van der Waals surface area contributed by atoms with Crippen LogP contribution in [0.25, 0.3) is 0 Å². The number of halogens is 2. The van der Waals surface area contributed by atoms with Crippen molar-refractivity contribution in [1.82, 2.24) is 5.32 Å². The lowest BCUT2D eigenvalue weighted by Crippen LogP contribution is -2.30. The third-order valence-electron chi connectivity index (χ3n) is 3.07. The van der Waals surface area contributed by atoms with Crippen molar-refractivity contribution < 1.29 is 9.18 Å². The minimum absolute atomic E-state index is 0.0154. The fourth-order valence-corrected chi connectivity index (χ4v) is 2.06. The molecule has 0 heterocycles. The zero-order valence-electron chi connectivity index (χ0n) is 11.6. The first-order chi connectivity index (χ1) is 10.1. The van der Waals surface area contributed by atoms with E-state index in [1.165, 1.54) is 18.2 Å². The summed E-state index contributed by atoms with van der Waals surface area (Å²) in [6, 6.07) is 14.0. The summed E-state index contributed by atoms with van der Waals surface area (Å²) in [5.41, 5.74) is 1.58. The largest absolute Gasteiger partial charge is 0.325 e. The van der Waals surface area contributed by atoms with E-state index in [0.717, 1.165) is 5.56 Å². The number of carbonyl (C=O) groups is 1. The van der Waals surface area contributed by atoms with Crippen molar-refractivity contribution in [2.24, 2.45) is 0 Å². The number of amides is 1. The summed E-state index contributed by atoms with van der Waals surface area (Å²) < 4.78 is 13.0. The van der Waals surface area contributed by atoms with Crippen molar-refractivity contribution >= 4 is 23.2 Å². The van der Waals surface area contributed by atoms with Gasteiger partial charge in [0.1, 0.15) is 5.82 Å². The van der Waals surface area contributed by atoms with Crippen molar-refractivity contribution in [3.05, 3.63) is 64.9 Å². The summed E-state index contributed by atoms with van der Waals surface area (Å²) in [6.45, 7) is 2.14. The van der Waals surface area contributed by atoms with Gasteiger partial charge in [0.15, 0.2) is 0 Å². The lowest BCUT2D eigenvalue weighted by atomic mass is 10.1. The third kappa shape index (κ3) is 4.55. The molecule has 0 aliphatic rings. The van der Waals surface area contributed by atoms with Gasteiger partial charge in [0.25, 0.3) is 0 Å². The summed E-state index contributed by atoms with van der Waals surface area (Å²) in [5.74, 6) is -0.717. The van der Waals surface area contributed by atoms with Crippen LogP contribution < -0.4 is 10.6 Å². The molecule has 0 fully saturated rings. The van der Waals surface area contributed by atoms with Gasteiger partial charge < -0.3 is 10.6 Å². The summed E-state index contributed by atoms with van der Waals surface area (Å²) in [6.07, 6.45) is 0. The molecule has 2 rings (SSSR count). The molecule has 0 aliphatic carbocycles. The minimum Gasteiger partial charge on any atom is -0.325 e. The molecule has 110 valence electrons. The lowest BCUT2D eigenvalue weighted by molar-refractivity contribution is -0.115. The number of benzene rings is 2. The molecule has 2 aromatic carbocycles. The highest BCUT2D eigenvalue weighted by molar-refractivity contribution is 6.31. The van der Waals surface area contributed by atoms with Crippen molar-refractivity contribution in [2.75, 3.05) is 11.9 Å². The van der Waals surface area contributed by atoms with E-state index in [1.54, 1.807) is 0 Å². The topological polar surface area (TPSA) is 41.1 Å². The second-order valence-corrected chi connectivity index (χ2v) is 5.10. The summed E-state index contributed by atoms with van der Waals surface area (Å²) in [4.78, 5) is 11.8. The van der Waals surface area contributed by atoms with Crippen LogP contribution in [0.3, 0.4) is 0 Å². The Bertz CT molecular complexity index is 619. The second kappa shape index (κ2) is 7.20. The molecule has 1 atom stereocenters. The highest BCUT2D eigenvalue weighted by atomic mass is 35.5. The average molecular weight is 307 g/mol. The van der Waals surface area contributed by atoms with Gasteiger partial charge in [0.05, 0.1) is 11.6 Å². The molecule has 1 amide bonds. The van der Waals surface area contributed by atoms with E-state index in [9.17, 15) is 9.18 Å². The fraction of sp³-hybridized carbons (Fsp3) is 0.188. The Labute approximate surface area is 128 Å². The van der Waals surface area contributed by atoms with Gasteiger partial charge in [-0.3, -0.25) is 4.79 Å². The van der Waals surface area contributed by atoms with Crippen LogP contribution in [0.15, 0.2) is 48.5 Å². The molecule has 2 aromatic rings. The first-order valence-corrected chi connectivity index (χ1v) is 6.97. The Kier molecular flexibility index (Phi) is 5.31. The maximum Gasteiger partial charge on any atom is 0.238 e. The number of hydrogen-bond donors (Lipinski definition) is 2. The van der Waals surface area contributed by atoms with Gasteiger partial charge >= 0.3 is 0 Å². The minimum atomic E-state index is -0.509. The molecule has 0 aliphatic heterocycles. The van der Waals surface area contributed by atoms with E-state index < -0.39 is 5.82 Å². The predicted octanol–water partition coefficient (Wildman–Crippen LogP) is 3.77. The molecule has 3 nitrogen and oxygen atoms in total. The number of carbonyl (C=O) groups excluding carboxylic acids is 1. The molecule has 0 bridgehead atoms. The Hall–Kier alpha value is -1.91. The zero-order chi connectivity index (χ0) is 15.2. The van der Waals surface area contributed by atoms with Crippen molar-refractivity contribution in [3.63, 3.8) is 0 Å². The van der Waals surface area contributed by atoms with Crippen LogP contribution >= 0.6 is 11.6 Å². The van der Waals surface area contributed by atoms with Gasteiger partial charge in [0, 0.05) is 11.7 Å². The number of nitrogens with one attached hydrogen (secondary N) is 2. The summed E-state index contributed by atoms with van der Waals surface area (Å²) in [7, 11) is 0. The SMILES string of the molecule is CC(NCC(=O)Nc1ccc(F)c(Cl)c1)c1ccccc1. The third-order valence-corrected chi connectivity index (χ3v) is 3.36. The van der Waals surface area contributed by atoms with Gasteiger partial charge in [-0.25, -0.2) is 4.39 Å².